The van der Waals surface area contributed by atoms with E-state index in [4.69, 9.17) is 9.63 Å². The van der Waals surface area contributed by atoms with Crippen LogP contribution in [0.5, 0.6) is 0 Å². The zero-order chi connectivity index (χ0) is 13.3. The molecule has 2 heterocycles. The maximum absolute atomic E-state index is 13.6. The summed E-state index contributed by atoms with van der Waals surface area (Å²) in [7, 11) is 0. The van der Waals surface area contributed by atoms with Gasteiger partial charge >= 0.3 is 6.09 Å². The number of alkyl halides is 1. The molecule has 1 aromatic heterocycles. The third-order valence-electron chi connectivity index (χ3n) is 3.09. The number of rotatable bonds is 2. The molecule has 1 saturated heterocycles. The maximum Gasteiger partial charge on any atom is 0.407 e. The molecule has 1 N–H and O–H groups in total. The van der Waals surface area contributed by atoms with Gasteiger partial charge in [-0.25, -0.2) is 9.18 Å². The Balaban J connectivity index is 0.00000180. The smallest absolute Gasteiger partial charge is 0.407 e. The first-order valence-corrected chi connectivity index (χ1v) is 5.89. The zero-order valence-corrected chi connectivity index (χ0v) is 11.6. The molecule has 0 radical (unpaired) electrons. The van der Waals surface area contributed by atoms with Gasteiger partial charge in [-0.3, -0.25) is 0 Å². The van der Waals surface area contributed by atoms with E-state index in [1.165, 1.54) is 18.7 Å². The summed E-state index contributed by atoms with van der Waals surface area (Å²) < 4.78 is 18.7. The molecule has 1 aliphatic rings. The molecule has 6 nitrogen and oxygen atoms in total. The molecule has 0 spiro atoms. The first-order valence-electron chi connectivity index (χ1n) is 5.89. The molecule has 2 rings (SSSR count). The van der Waals surface area contributed by atoms with Crippen molar-refractivity contribution in [2.24, 2.45) is 0 Å². The number of carboxylic acid groups (broad SMARTS) is 1. The highest BCUT2D eigenvalue weighted by Crippen LogP contribution is 2.29. The molecular formula is C11H17ClFN3O3. The summed E-state index contributed by atoms with van der Waals surface area (Å²) in [6.45, 7) is 3.62. The second-order valence-electron chi connectivity index (χ2n) is 4.97. The minimum atomic E-state index is -1.62. The number of hydrogen-bond donors (Lipinski definition) is 1. The highest BCUT2D eigenvalue weighted by Gasteiger charge is 2.30. The van der Waals surface area contributed by atoms with Crippen LogP contribution in [0.3, 0.4) is 0 Å². The van der Waals surface area contributed by atoms with E-state index in [9.17, 15) is 9.18 Å². The van der Waals surface area contributed by atoms with Crippen LogP contribution in [0.2, 0.25) is 0 Å². The largest absolute Gasteiger partial charge is 0.465 e. The minimum absolute atomic E-state index is 0. The fraction of sp³-hybridized carbons (Fsp3) is 0.727. The van der Waals surface area contributed by atoms with E-state index in [2.05, 4.69) is 10.1 Å². The fourth-order valence-electron chi connectivity index (χ4n) is 1.96. The molecule has 0 unspecified atom stereocenters. The average molecular weight is 294 g/mol. The standard InChI is InChI=1S/C11H16FN3O3.ClH/c1-11(2,12)9-13-8(18-14-9)7-3-5-15(6-4-7)10(16)17;/h7H,3-6H2,1-2H3,(H,16,17);1H. The lowest BCUT2D eigenvalue weighted by Crippen LogP contribution is -2.36. The predicted octanol–water partition coefficient (Wildman–Crippen LogP) is 2.55. The SMILES string of the molecule is CC(C)(F)c1noc(C2CCN(C(=O)O)CC2)n1.Cl. The molecule has 0 saturated carbocycles. The molecule has 0 bridgehead atoms. The van der Waals surface area contributed by atoms with Crippen molar-refractivity contribution in [2.45, 2.75) is 38.3 Å². The van der Waals surface area contributed by atoms with Gasteiger partial charge in [-0.2, -0.15) is 4.98 Å². The molecule has 1 aromatic rings. The van der Waals surface area contributed by atoms with E-state index in [1.807, 2.05) is 0 Å². The number of nitrogens with zero attached hydrogens (tertiary/aromatic N) is 3. The van der Waals surface area contributed by atoms with Crippen molar-refractivity contribution in [3.05, 3.63) is 11.7 Å². The van der Waals surface area contributed by atoms with Gasteiger partial charge in [0.15, 0.2) is 5.67 Å². The third-order valence-corrected chi connectivity index (χ3v) is 3.09. The highest BCUT2D eigenvalue weighted by molar-refractivity contribution is 5.85. The molecule has 1 amide bonds. The van der Waals surface area contributed by atoms with Gasteiger partial charge in [-0.05, 0) is 26.7 Å². The van der Waals surface area contributed by atoms with Crippen molar-refractivity contribution in [1.29, 1.82) is 0 Å². The Morgan fingerprint density at radius 1 is 1.47 bits per heavy atom. The number of carbonyl (C=O) groups is 1. The van der Waals surface area contributed by atoms with Crippen LogP contribution < -0.4 is 0 Å². The van der Waals surface area contributed by atoms with Crippen LogP contribution in [-0.4, -0.2) is 39.3 Å². The van der Waals surface area contributed by atoms with Gasteiger partial charge in [-0.1, -0.05) is 5.16 Å². The molecule has 0 aliphatic carbocycles. The van der Waals surface area contributed by atoms with Gasteiger partial charge in [0.1, 0.15) is 0 Å². The Morgan fingerprint density at radius 3 is 2.47 bits per heavy atom. The van der Waals surface area contributed by atoms with E-state index in [-0.39, 0.29) is 24.1 Å². The second kappa shape index (κ2) is 5.73. The second-order valence-corrected chi connectivity index (χ2v) is 4.97. The Hall–Kier alpha value is -1.37. The maximum atomic E-state index is 13.6. The molecule has 1 fully saturated rings. The van der Waals surface area contributed by atoms with Crippen molar-refractivity contribution in [2.75, 3.05) is 13.1 Å². The lowest BCUT2D eigenvalue weighted by molar-refractivity contribution is 0.128. The molecule has 0 aromatic carbocycles. The Kier molecular flexibility index (Phi) is 4.73. The van der Waals surface area contributed by atoms with Gasteiger partial charge < -0.3 is 14.5 Å². The highest BCUT2D eigenvalue weighted by atomic mass is 35.5. The van der Waals surface area contributed by atoms with E-state index in [1.54, 1.807) is 0 Å². The van der Waals surface area contributed by atoms with Gasteiger partial charge in [0.2, 0.25) is 11.7 Å². The topological polar surface area (TPSA) is 79.5 Å². The predicted molar refractivity (Wildman–Crippen MR) is 67.3 cm³/mol. The van der Waals surface area contributed by atoms with E-state index < -0.39 is 11.8 Å². The lowest BCUT2D eigenvalue weighted by Gasteiger charge is -2.27. The average Bonchev–Trinajstić information content (AvgIpc) is 2.78. The Morgan fingerprint density at radius 2 is 2.05 bits per heavy atom. The lowest BCUT2D eigenvalue weighted by atomic mass is 9.97. The van der Waals surface area contributed by atoms with Gasteiger partial charge in [-0.15, -0.1) is 12.4 Å². The van der Waals surface area contributed by atoms with Crippen LogP contribution in [0.15, 0.2) is 4.52 Å². The number of piperidine rings is 1. The fourth-order valence-corrected chi connectivity index (χ4v) is 1.96. The molecule has 0 atom stereocenters. The van der Waals surface area contributed by atoms with E-state index in [0.717, 1.165) is 0 Å². The normalized spacial score (nSPS) is 17.1. The van der Waals surface area contributed by atoms with E-state index >= 15 is 0 Å². The van der Waals surface area contributed by atoms with E-state index in [0.29, 0.717) is 31.8 Å². The summed E-state index contributed by atoms with van der Waals surface area (Å²) in [5.41, 5.74) is -1.62. The Bertz CT molecular complexity index is 439. The van der Waals surface area contributed by atoms with Crippen LogP contribution >= 0.6 is 12.4 Å². The van der Waals surface area contributed by atoms with Crippen LogP contribution in [0.25, 0.3) is 0 Å². The van der Waals surface area contributed by atoms with Gasteiger partial charge in [0.05, 0.1) is 0 Å². The van der Waals surface area contributed by atoms with Gasteiger partial charge in [0.25, 0.3) is 0 Å². The summed E-state index contributed by atoms with van der Waals surface area (Å²) in [5, 5.41) is 12.5. The molecular weight excluding hydrogens is 277 g/mol. The first kappa shape index (κ1) is 15.7. The summed E-state index contributed by atoms with van der Waals surface area (Å²) >= 11 is 0. The van der Waals surface area contributed by atoms with Crippen molar-refractivity contribution in [1.82, 2.24) is 15.0 Å². The van der Waals surface area contributed by atoms with Crippen molar-refractivity contribution in [3.8, 4) is 0 Å². The molecule has 8 heteroatoms. The summed E-state index contributed by atoms with van der Waals surface area (Å²) in [6, 6.07) is 0. The minimum Gasteiger partial charge on any atom is -0.465 e. The van der Waals surface area contributed by atoms with Crippen LogP contribution in [0.4, 0.5) is 9.18 Å². The quantitative estimate of drug-likeness (QED) is 0.906. The van der Waals surface area contributed by atoms with Crippen molar-refractivity contribution >= 4 is 18.5 Å². The third kappa shape index (κ3) is 3.56. The van der Waals surface area contributed by atoms with Crippen LogP contribution in [0, 0.1) is 0 Å². The van der Waals surface area contributed by atoms with Crippen molar-refractivity contribution < 1.29 is 18.8 Å². The Labute approximate surface area is 116 Å². The van der Waals surface area contributed by atoms with Crippen LogP contribution in [-0.2, 0) is 5.67 Å². The number of aromatic nitrogens is 2. The van der Waals surface area contributed by atoms with Crippen molar-refractivity contribution in [3.63, 3.8) is 0 Å². The number of likely N-dealkylation sites (tertiary alicyclic amines) is 1. The number of halogens is 2. The first-order chi connectivity index (χ1) is 8.38. The zero-order valence-electron chi connectivity index (χ0n) is 10.8. The summed E-state index contributed by atoms with van der Waals surface area (Å²) in [4.78, 5) is 16.2. The molecule has 19 heavy (non-hydrogen) atoms. The summed E-state index contributed by atoms with van der Waals surface area (Å²) in [6.07, 6.45) is 0.339. The molecule has 108 valence electrons. The number of hydrogen-bond acceptors (Lipinski definition) is 4. The number of amides is 1. The summed E-state index contributed by atoms with van der Waals surface area (Å²) in [5.74, 6) is 0.461. The van der Waals surface area contributed by atoms with Crippen LogP contribution in [0.1, 0.15) is 44.3 Å². The monoisotopic (exact) mass is 293 g/mol. The van der Waals surface area contributed by atoms with Gasteiger partial charge in [0, 0.05) is 19.0 Å². The molecule has 1 aliphatic heterocycles.